The summed E-state index contributed by atoms with van der Waals surface area (Å²) < 4.78 is 16.9. The van der Waals surface area contributed by atoms with Gasteiger partial charge in [0.2, 0.25) is 5.89 Å². The largest absolute Gasteiger partial charge is 0.490 e. The van der Waals surface area contributed by atoms with Gasteiger partial charge >= 0.3 is 0 Å². The summed E-state index contributed by atoms with van der Waals surface area (Å²) in [5.41, 5.74) is 6.66. The van der Waals surface area contributed by atoms with E-state index in [4.69, 9.17) is 19.6 Å². The lowest BCUT2D eigenvalue weighted by atomic mass is 10.1. The van der Waals surface area contributed by atoms with Crippen molar-refractivity contribution in [2.45, 2.75) is 33.3 Å². The van der Waals surface area contributed by atoms with E-state index in [1.807, 2.05) is 32.0 Å². The molecule has 0 atom stereocenters. The second-order valence-electron chi connectivity index (χ2n) is 4.45. The van der Waals surface area contributed by atoms with E-state index in [2.05, 4.69) is 10.2 Å². The van der Waals surface area contributed by atoms with Crippen LogP contribution in [0.25, 0.3) is 0 Å². The van der Waals surface area contributed by atoms with Gasteiger partial charge in [0.25, 0.3) is 5.89 Å². The predicted octanol–water partition coefficient (Wildman–Crippen LogP) is 2.11. The maximum absolute atomic E-state index is 5.84. The van der Waals surface area contributed by atoms with Crippen LogP contribution < -0.4 is 15.2 Å². The Bertz CT molecular complexity index is 545. The average molecular weight is 291 g/mol. The van der Waals surface area contributed by atoms with Crippen LogP contribution in [0.1, 0.15) is 31.2 Å². The molecular formula is C15H21N3O3. The van der Waals surface area contributed by atoms with E-state index < -0.39 is 0 Å². The van der Waals surface area contributed by atoms with Crippen LogP contribution in [0.4, 0.5) is 0 Å². The fourth-order valence-electron chi connectivity index (χ4n) is 1.97. The molecule has 0 fully saturated rings. The molecule has 114 valence electrons. The molecular weight excluding hydrogens is 270 g/mol. The SMILES string of the molecule is CCOc1cccc(CCN)c1OCc1nnc(CC)o1. The first-order valence-electron chi connectivity index (χ1n) is 7.17. The quantitative estimate of drug-likeness (QED) is 0.802. The molecule has 0 unspecified atom stereocenters. The van der Waals surface area contributed by atoms with E-state index >= 15 is 0 Å². The molecule has 21 heavy (non-hydrogen) atoms. The molecule has 0 aliphatic carbocycles. The number of aromatic nitrogens is 2. The standard InChI is InChI=1S/C15H21N3O3/c1-3-13-17-18-14(21-13)10-20-15-11(8-9-16)6-5-7-12(15)19-4-2/h5-7H,3-4,8-10,16H2,1-2H3. The smallest absolute Gasteiger partial charge is 0.253 e. The first-order chi connectivity index (χ1) is 10.3. The number of nitrogens with two attached hydrogens (primary N) is 1. The highest BCUT2D eigenvalue weighted by Crippen LogP contribution is 2.32. The minimum atomic E-state index is 0.217. The summed E-state index contributed by atoms with van der Waals surface area (Å²) in [6.45, 7) is 5.23. The van der Waals surface area contributed by atoms with Gasteiger partial charge in [0, 0.05) is 6.42 Å². The van der Waals surface area contributed by atoms with Crippen LogP contribution in [0.2, 0.25) is 0 Å². The highest BCUT2D eigenvalue weighted by molar-refractivity contribution is 5.46. The molecule has 0 spiro atoms. The number of hydrogen-bond donors (Lipinski definition) is 1. The Morgan fingerprint density at radius 3 is 2.62 bits per heavy atom. The van der Waals surface area contributed by atoms with Crippen LogP contribution in [-0.2, 0) is 19.4 Å². The van der Waals surface area contributed by atoms with Gasteiger partial charge in [-0.15, -0.1) is 10.2 Å². The number of ether oxygens (including phenoxy) is 2. The van der Waals surface area contributed by atoms with Crippen LogP contribution in [0.3, 0.4) is 0 Å². The molecule has 6 heteroatoms. The van der Waals surface area contributed by atoms with Crippen molar-refractivity contribution in [2.24, 2.45) is 5.73 Å². The normalized spacial score (nSPS) is 10.6. The van der Waals surface area contributed by atoms with E-state index in [0.717, 1.165) is 12.0 Å². The maximum Gasteiger partial charge on any atom is 0.253 e. The summed E-state index contributed by atoms with van der Waals surface area (Å²) in [4.78, 5) is 0. The Balaban J connectivity index is 2.15. The molecule has 0 aliphatic heterocycles. The molecule has 1 aromatic carbocycles. The fourth-order valence-corrected chi connectivity index (χ4v) is 1.97. The number of para-hydroxylation sites is 1. The molecule has 2 rings (SSSR count). The molecule has 0 radical (unpaired) electrons. The van der Waals surface area contributed by atoms with Crippen molar-refractivity contribution in [3.05, 3.63) is 35.5 Å². The highest BCUT2D eigenvalue weighted by Gasteiger charge is 2.13. The van der Waals surface area contributed by atoms with Gasteiger partial charge in [0.1, 0.15) is 0 Å². The summed E-state index contributed by atoms with van der Waals surface area (Å²) in [7, 11) is 0. The van der Waals surface area contributed by atoms with Gasteiger partial charge in [-0.2, -0.15) is 0 Å². The molecule has 0 saturated heterocycles. The van der Waals surface area contributed by atoms with Gasteiger partial charge in [0.05, 0.1) is 6.61 Å². The van der Waals surface area contributed by atoms with Crippen molar-refractivity contribution in [2.75, 3.05) is 13.2 Å². The van der Waals surface area contributed by atoms with Gasteiger partial charge < -0.3 is 19.6 Å². The number of rotatable bonds is 8. The Hall–Kier alpha value is -2.08. The first kappa shape index (κ1) is 15.3. The van der Waals surface area contributed by atoms with Crippen molar-refractivity contribution in [3.8, 4) is 11.5 Å². The minimum Gasteiger partial charge on any atom is -0.490 e. The molecule has 0 bridgehead atoms. The van der Waals surface area contributed by atoms with Crippen LogP contribution in [0.15, 0.2) is 22.6 Å². The second kappa shape index (κ2) is 7.64. The third-order valence-electron chi connectivity index (χ3n) is 2.93. The topological polar surface area (TPSA) is 83.4 Å². The lowest BCUT2D eigenvalue weighted by molar-refractivity contribution is 0.237. The van der Waals surface area contributed by atoms with E-state index in [-0.39, 0.29) is 6.61 Å². The van der Waals surface area contributed by atoms with E-state index in [0.29, 0.717) is 42.9 Å². The Morgan fingerprint density at radius 1 is 1.14 bits per heavy atom. The van der Waals surface area contributed by atoms with Crippen LogP contribution in [-0.4, -0.2) is 23.3 Å². The second-order valence-corrected chi connectivity index (χ2v) is 4.45. The zero-order valence-electron chi connectivity index (χ0n) is 12.5. The van der Waals surface area contributed by atoms with E-state index in [1.54, 1.807) is 0 Å². The van der Waals surface area contributed by atoms with Crippen LogP contribution in [0, 0.1) is 0 Å². The molecule has 2 N–H and O–H groups in total. The third kappa shape index (κ3) is 3.95. The average Bonchev–Trinajstić information content (AvgIpc) is 2.95. The fraction of sp³-hybridized carbons (Fsp3) is 0.467. The Kier molecular flexibility index (Phi) is 5.57. The van der Waals surface area contributed by atoms with Gasteiger partial charge in [-0.1, -0.05) is 19.1 Å². The van der Waals surface area contributed by atoms with Gasteiger partial charge in [0.15, 0.2) is 18.1 Å². The molecule has 1 heterocycles. The predicted molar refractivity (Wildman–Crippen MR) is 78.4 cm³/mol. The van der Waals surface area contributed by atoms with Crippen molar-refractivity contribution < 1.29 is 13.9 Å². The molecule has 0 amide bonds. The first-order valence-corrected chi connectivity index (χ1v) is 7.17. The summed E-state index contributed by atoms with van der Waals surface area (Å²) in [6, 6.07) is 5.80. The maximum atomic E-state index is 5.84. The van der Waals surface area contributed by atoms with Crippen molar-refractivity contribution >= 4 is 0 Å². The van der Waals surface area contributed by atoms with Crippen LogP contribution in [0.5, 0.6) is 11.5 Å². The summed E-state index contributed by atoms with van der Waals surface area (Å²) in [6.07, 6.45) is 1.43. The zero-order chi connectivity index (χ0) is 15.1. The van der Waals surface area contributed by atoms with E-state index in [1.165, 1.54) is 0 Å². The third-order valence-corrected chi connectivity index (χ3v) is 2.93. The van der Waals surface area contributed by atoms with Crippen LogP contribution >= 0.6 is 0 Å². The van der Waals surface area contributed by atoms with E-state index in [9.17, 15) is 0 Å². The molecule has 0 aliphatic rings. The molecule has 0 saturated carbocycles. The lowest BCUT2D eigenvalue weighted by Gasteiger charge is -2.14. The Labute approximate surface area is 124 Å². The summed E-state index contributed by atoms with van der Waals surface area (Å²) in [5.74, 6) is 2.46. The lowest BCUT2D eigenvalue weighted by Crippen LogP contribution is -2.07. The number of aryl methyl sites for hydroxylation is 1. The van der Waals surface area contributed by atoms with Crippen molar-refractivity contribution in [1.29, 1.82) is 0 Å². The monoisotopic (exact) mass is 291 g/mol. The van der Waals surface area contributed by atoms with Gasteiger partial charge in [-0.3, -0.25) is 0 Å². The number of hydrogen-bond acceptors (Lipinski definition) is 6. The summed E-state index contributed by atoms with van der Waals surface area (Å²) >= 11 is 0. The van der Waals surface area contributed by atoms with Gasteiger partial charge in [-0.25, -0.2) is 0 Å². The van der Waals surface area contributed by atoms with Crippen molar-refractivity contribution in [3.63, 3.8) is 0 Å². The van der Waals surface area contributed by atoms with Crippen molar-refractivity contribution in [1.82, 2.24) is 10.2 Å². The highest BCUT2D eigenvalue weighted by atomic mass is 16.5. The van der Waals surface area contributed by atoms with Gasteiger partial charge in [-0.05, 0) is 31.5 Å². The number of nitrogens with zero attached hydrogens (tertiary/aromatic N) is 2. The molecule has 2 aromatic rings. The summed E-state index contributed by atoms with van der Waals surface area (Å²) in [5, 5.41) is 7.86. The number of benzene rings is 1. The molecule has 1 aromatic heterocycles. The Morgan fingerprint density at radius 2 is 1.95 bits per heavy atom. The minimum absolute atomic E-state index is 0.217. The zero-order valence-corrected chi connectivity index (χ0v) is 12.5. The molecule has 6 nitrogen and oxygen atoms in total.